The number of alkyl carbamates (subject to hydrolysis) is 1. The van der Waals surface area contributed by atoms with Crippen molar-refractivity contribution in [2.45, 2.75) is 123 Å². The number of nitrogens with zero attached hydrogens (tertiary/aromatic N) is 1. The lowest BCUT2D eigenvalue weighted by atomic mass is 10.0. The molecule has 0 aliphatic carbocycles. The second-order valence-electron chi connectivity index (χ2n) is 13.6. The van der Waals surface area contributed by atoms with Crippen LogP contribution in [0.4, 0.5) is 4.79 Å². The third kappa shape index (κ3) is 14.9. The molecule has 46 heavy (non-hydrogen) atoms. The summed E-state index contributed by atoms with van der Waals surface area (Å²) in [5, 5.41) is 19.4. The molecule has 0 aromatic rings. The second-order valence-corrected chi connectivity index (χ2v) is 13.6. The quantitative estimate of drug-likeness (QED) is 0.103. The van der Waals surface area contributed by atoms with Gasteiger partial charge in [-0.25, -0.2) is 9.59 Å². The van der Waals surface area contributed by atoms with E-state index in [9.17, 15) is 38.7 Å². The van der Waals surface area contributed by atoms with E-state index in [4.69, 9.17) is 15.2 Å². The van der Waals surface area contributed by atoms with Crippen LogP contribution in [0.5, 0.6) is 0 Å². The minimum absolute atomic E-state index is 0.192. The summed E-state index contributed by atoms with van der Waals surface area (Å²) < 4.78 is 10.4. The number of ether oxygens (including phenoxy) is 2. The molecule has 0 aromatic heterocycles. The Balaban J connectivity index is 2.85. The van der Waals surface area contributed by atoms with E-state index in [2.05, 4.69) is 21.3 Å². The molecule has 1 rings (SSSR count). The van der Waals surface area contributed by atoms with Crippen molar-refractivity contribution in [2.24, 2.45) is 11.7 Å². The highest BCUT2D eigenvalue weighted by Gasteiger charge is 2.39. The number of rotatable bonds is 15. The van der Waals surface area contributed by atoms with E-state index in [0.717, 1.165) is 0 Å². The van der Waals surface area contributed by atoms with Crippen LogP contribution in [0.1, 0.15) is 87.5 Å². The van der Waals surface area contributed by atoms with Crippen LogP contribution in [-0.2, 0) is 38.2 Å². The summed E-state index contributed by atoms with van der Waals surface area (Å²) in [6.45, 7) is 13.3. The number of hydrogen-bond acceptors (Lipinski definition) is 10. The summed E-state index contributed by atoms with van der Waals surface area (Å²) in [4.78, 5) is 89.1. The fraction of sp³-hybridized carbons (Fsp3) is 0.767. The van der Waals surface area contributed by atoms with Gasteiger partial charge in [-0.05, 0) is 73.1 Å². The summed E-state index contributed by atoms with van der Waals surface area (Å²) in [5.74, 6) is -5.30. The minimum Gasteiger partial charge on any atom is -0.480 e. The van der Waals surface area contributed by atoms with Crippen molar-refractivity contribution in [3.63, 3.8) is 0 Å². The first-order valence-corrected chi connectivity index (χ1v) is 15.5. The van der Waals surface area contributed by atoms with Gasteiger partial charge in [0.1, 0.15) is 29.3 Å². The first-order chi connectivity index (χ1) is 21.1. The van der Waals surface area contributed by atoms with Gasteiger partial charge >= 0.3 is 18.0 Å². The third-order valence-corrected chi connectivity index (χ3v) is 6.61. The van der Waals surface area contributed by atoms with E-state index in [0.29, 0.717) is 12.8 Å². The Bertz CT molecular complexity index is 1110. The Labute approximate surface area is 270 Å². The number of carboxylic acid groups (broad SMARTS) is 1. The number of likely N-dealkylation sites (tertiary alicyclic amines) is 1. The molecule has 4 atom stereocenters. The lowest BCUT2D eigenvalue weighted by molar-refractivity contribution is -0.157. The Morgan fingerprint density at radius 2 is 1.52 bits per heavy atom. The van der Waals surface area contributed by atoms with E-state index in [1.165, 1.54) is 4.90 Å². The number of carbonyl (C=O) groups excluding carboxylic acids is 6. The molecule has 262 valence electrons. The van der Waals surface area contributed by atoms with Gasteiger partial charge in [-0.3, -0.25) is 24.0 Å². The average Bonchev–Trinajstić information content (AvgIpc) is 3.40. The van der Waals surface area contributed by atoms with Crippen molar-refractivity contribution >= 4 is 41.7 Å². The molecule has 1 aliphatic rings. The zero-order valence-corrected chi connectivity index (χ0v) is 28.2. The van der Waals surface area contributed by atoms with Gasteiger partial charge in [0, 0.05) is 13.1 Å². The van der Waals surface area contributed by atoms with Gasteiger partial charge in [0.2, 0.25) is 23.6 Å². The van der Waals surface area contributed by atoms with Gasteiger partial charge in [-0.15, -0.1) is 0 Å². The van der Waals surface area contributed by atoms with Crippen LogP contribution >= 0.6 is 0 Å². The molecular weight excluding hydrogens is 604 g/mol. The monoisotopic (exact) mass is 656 g/mol. The topological polar surface area (TPSA) is 236 Å². The van der Waals surface area contributed by atoms with Gasteiger partial charge in [0.15, 0.2) is 0 Å². The fourth-order valence-corrected chi connectivity index (χ4v) is 4.49. The van der Waals surface area contributed by atoms with E-state index in [-0.39, 0.29) is 25.9 Å². The van der Waals surface area contributed by atoms with Gasteiger partial charge in [0.05, 0.1) is 19.0 Å². The molecule has 1 saturated heterocycles. The predicted octanol–water partition coefficient (Wildman–Crippen LogP) is 0.168. The molecule has 5 amide bonds. The summed E-state index contributed by atoms with van der Waals surface area (Å²) in [7, 11) is 0. The minimum atomic E-state index is -1.48. The molecule has 1 heterocycles. The van der Waals surface area contributed by atoms with Crippen molar-refractivity contribution in [1.29, 1.82) is 0 Å². The van der Waals surface area contributed by atoms with Gasteiger partial charge in [-0.2, -0.15) is 0 Å². The maximum absolute atomic E-state index is 13.4. The highest BCUT2D eigenvalue weighted by atomic mass is 16.6. The van der Waals surface area contributed by atoms with Crippen LogP contribution in [0.3, 0.4) is 0 Å². The van der Waals surface area contributed by atoms with E-state index < -0.39 is 95.9 Å². The standard InChI is InChI=1S/C30H52N6O10/c1-17(2)23(26(41)36-14-10-12-20(36)27(42)43)35-25(40)19(15-22(38)45-29(3,4)5)34-21(37)16-33-24(39)18(31)11-9-13-32-28(44)46-30(6,7)8/h17-20,23H,9-16,31H2,1-8H3,(H,32,44)(H,33,39)(H,34,37)(H,35,40)(H,42,43)/t18-,19-,20-,23-/m0/s1. The van der Waals surface area contributed by atoms with Crippen LogP contribution in [0, 0.1) is 5.92 Å². The first-order valence-electron chi connectivity index (χ1n) is 15.5. The second kappa shape index (κ2) is 17.7. The van der Waals surface area contributed by atoms with Crippen LogP contribution in [0.2, 0.25) is 0 Å². The van der Waals surface area contributed by atoms with Gasteiger partial charge in [0.25, 0.3) is 0 Å². The van der Waals surface area contributed by atoms with Gasteiger partial charge < -0.3 is 46.5 Å². The molecule has 0 spiro atoms. The molecule has 16 heteroatoms. The molecule has 1 fully saturated rings. The maximum atomic E-state index is 13.4. The third-order valence-electron chi connectivity index (χ3n) is 6.61. The smallest absolute Gasteiger partial charge is 0.407 e. The van der Waals surface area contributed by atoms with E-state index in [1.54, 1.807) is 55.4 Å². The van der Waals surface area contributed by atoms with Crippen molar-refractivity contribution in [2.75, 3.05) is 19.6 Å². The number of nitrogens with two attached hydrogens (primary N) is 1. The van der Waals surface area contributed by atoms with Crippen molar-refractivity contribution in [3.05, 3.63) is 0 Å². The Kier molecular flexibility index (Phi) is 15.4. The Morgan fingerprint density at radius 1 is 0.913 bits per heavy atom. The molecule has 0 unspecified atom stereocenters. The first kappa shape index (κ1) is 40.1. The fourth-order valence-electron chi connectivity index (χ4n) is 4.49. The SMILES string of the molecule is CC(C)[C@H](NC(=O)[C@H](CC(=O)OC(C)(C)C)NC(=O)CNC(=O)[C@@H](N)CCCNC(=O)OC(C)(C)C)C(=O)N1CCC[C@H]1C(=O)O. The van der Waals surface area contributed by atoms with Crippen LogP contribution in [0.15, 0.2) is 0 Å². The predicted molar refractivity (Wildman–Crippen MR) is 166 cm³/mol. The molecule has 0 aromatic carbocycles. The number of amides is 5. The van der Waals surface area contributed by atoms with E-state index >= 15 is 0 Å². The van der Waals surface area contributed by atoms with Crippen molar-refractivity contribution in [1.82, 2.24) is 26.2 Å². The molecule has 1 aliphatic heterocycles. The number of hydrogen-bond donors (Lipinski definition) is 6. The van der Waals surface area contributed by atoms with Crippen molar-refractivity contribution in [3.8, 4) is 0 Å². The zero-order chi connectivity index (χ0) is 35.4. The number of aliphatic carboxylic acids is 1. The number of carbonyl (C=O) groups is 7. The summed E-state index contributed by atoms with van der Waals surface area (Å²) in [6, 6.07) is -4.62. The summed E-state index contributed by atoms with van der Waals surface area (Å²) in [6.07, 6.45) is 0.160. The lowest BCUT2D eigenvalue weighted by Gasteiger charge is -2.30. The molecule has 7 N–H and O–H groups in total. The number of esters is 1. The largest absolute Gasteiger partial charge is 0.480 e. The van der Waals surface area contributed by atoms with Gasteiger partial charge in [-0.1, -0.05) is 13.8 Å². The normalized spacial score (nSPS) is 16.9. The van der Waals surface area contributed by atoms with Crippen molar-refractivity contribution < 1.29 is 48.1 Å². The molecular formula is C30H52N6O10. The molecule has 16 nitrogen and oxygen atoms in total. The van der Waals surface area contributed by atoms with E-state index in [1.807, 2.05) is 0 Å². The summed E-state index contributed by atoms with van der Waals surface area (Å²) >= 11 is 0. The number of nitrogens with one attached hydrogen (secondary N) is 4. The summed E-state index contributed by atoms with van der Waals surface area (Å²) in [5.41, 5.74) is 4.37. The zero-order valence-electron chi connectivity index (χ0n) is 28.2. The highest BCUT2D eigenvalue weighted by molar-refractivity contribution is 5.96. The molecule has 0 bridgehead atoms. The Morgan fingerprint density at radius 3 is 2.07 bits per heavy atom. The van der Waals surface area contributed by atoms with Crippen LogP contribution in [0.25, 0.3) is 0 Å². The average molecular weight is 657 g/mol. The Hall–Kier alpha value is -3.95. The maximum Gasteiger partial charge on any atom is 0.407 e. The molecule has 0 saturated carbocycles. The van der Waals surface area contributed by atoms with Crippen LogP contribution in [-0.4, -0.2) is 107 Å². The molecule has 0 radical (unpaired) electrons. The lowest BCUT2D eigenvalue weighted by Crippen LogP contribution is -2.58. The van der Waals surface area contributed by atoms with Crippen LogP contribution < -0.4 is 27.0 Å². The number of carboxylic acids is 1. The highest BCUT2D eigenvalue weighted by Crippen LogP contribution is 2.20.